The normalized spacial score (nSPS) is 12.6. The maximum Gasteiger partial charge on any atom is 0.257 e. The van der Waals surface area contributed by atoms with Crippen LogP contribution in [0.25, 0.3) is 11.5 Å². The lowest BCUT2D eigenvalue weighted by Crippen LogP contribution is -2.18. The Kier molecular flexibility index (Phi) is 4.81. The van der Waals surface area contributed by atoms with Gasteiger partial charge in [-0.15, -0.1) is 0 Å². The van der Waals surface area contributed by atoms with Crippen LogP contribution in [0.2, 0.25) is 0 Å². The first-order valence-electron chi connectivity index (χ1n) is 6.55. The van der Waals surface area contributed by atoms with E-state index in [9.17, 15) is 4.39 Å². The summed E-state index contributed by atoms with van der Waals surface area (Å²) in [6.07, 6.45) is 0.930. The van der Waals surface area contributed by atoms with Crippen LogP contribution in [0.4, 0.5) is 4.39 Å². The molecule has 2 N–H and O–H groups in total. The zero-order valence-corrected chi connectivity index (χ0v) is 11.6. The molecule has 2 aromatic rings. The van der Waals surface area contributed by atoms with Crippen LogP contribution in [0.1, 0.15) is 30.8 Å². The molecule has 1 heterocycles. The van der Waals surface area contributed by atoms with Gasteiger partial charge < -0.3 is 15.0 Å². The van der Waals surface area contributed by atoms with Gasteiger partial charge >= 0.3 is 0 Å². The fraction of sp³-hybridized carbons (Fsp3) is 0.429. The smallest absolute Gasteiger partial charge is 0.257 e. The largest absolute Gasteiger partial charge is 0.379 e. The predicted molar refractivity (Wildman–Crippen MR) is 72.5 cm³/mol. The van der Waals surface area contributed by atoms with Gasteiger partial charge in [-0.3, -0.25) is 0 Å². The summed E-state index contributed by atoms with van der Waals surface area (Å²) in [5.74, 6) is 0.449. The van der Waals surface area contributed by atoms with E-state index in [1.807, 2.05) is 6.92 Å². The fourth-order valence-corrected chi connectivity index (χ4v) is 1.71. The van der Waals surface area contributed by atoms with Gasteiger partial charge in [0.05, 0.1) is 12.6 Å². The summed E-state index contributed by atoms with van der Waals surface area (Å²) in [4.78, 5) is 4.22. The van der Waals surface area contributed by atoms with Gasteiger partial charge in [-0.1, -0.05) is 12.1 Å². The van der Waals surface area contributed by atoms with Crippen molar-refractivity contribution >= 4 is 0 Å². The summed E-state index contributed by atoms with van der Waals surface area (Å²) in [6, 6.07) is 4.20. The average Bonchev–Trinajstić information content (AvgIpc) is 2.92. The van der Waals surface area contributed by atoms with Crippen molar-refractivity contribution in [2.45, 2.75) is 26.3 Å². The highest BCUT2D eigenvalue weighted by atomic mass is 19.1. The Labute approximate surface area is 116 Å². The molecule has 0 bridgehead atoms. The summed E-state index contributed by atoms with van der Waals surface area (Å²) < 4.78 is 23.7. The molecule has 0 fully saturated rings. The molecule has 20 heavy (non-hydrogen) atoms. The predicted octanol–water partition coefficient (Wildman–Crippen LogP) is 2.61. The molecule has 6 heteroatoms. The first kappa shape index (κ1) is 14.6. The zero-order valence-electron chi connectivity index (χ0n) is 11.6. The maximum atomic E-state index is 13.2. The number of nitrogens with zero attached hydrogens (tertiary/aromatic N) is 2. The van der Waals surface area contributed by atoms with Crippen LogP contribution >= 0.6 is 0 Å². The molecule has 0 saturated carbocycles. The van der Waals surface area contributed by atoms with E-state index < -0.39 is 6.04 Å². The van der Waals surface area contributed by atoms with E-state index in [4.69, 9.17) is 15.0 Å². The van der Waals surface area contributed by atoms with E-state index in [0.29, 0.717) is 36.1 Å². The Hall–Kier alpha value is -1.79. The molecule has 0 saturated heterocycles. The van der Waals surface area contributed by atoms with Crippen LogP contribution in [-0.4, -0.2) is 23.4 Å². The lowest BCUT2D eigenvalue weighted by molar-refractivity contribution is 0.119. The van der Waals surface area contributed by atoms with Crippen LogP contribution in [0.15, 0.2) is 22.7 Å². The molecule has 0 aliphatic heterocycles. The molecule has 1 atom stereocenters. The summed E-state index contributed by atoms with van der Waals surface area (Å²) in [5.41, 5.74) is 7.11. The van der Waals surface area contributed by atoms with E-state index in [1.54, 1.807) is 19.1 Å². The Bertz CT molecular complexity index is 571. The highest BCUT2D eigenvalue weighted by Crippen LogP contribution is 2.21. The molecule has 1 unspecified atom stereocenters. The third-order valence-electron chi connectivity index (χ3n) is 2.82. The van der Waals surface area contributed by atoms with Crippen molar-refractivity contribution in [1.82, 2.24) is 10.1 Å². The second-order valence-electron chi connectivity index (χ2n) is 4.60. The zero-order chi connectivity index (χ0) is 14.5. The van der Waals surface area contributed by atoms with E-state index in [0.717, 1.165) is 6.42 Å². The van der Waals surface area contributed by atoms with Gasteiger partial charge in [0.15, 0.2) is 5.82 Å². The quantitative estimate of drug-likeness (QED) is 0.823. The van der Waals surface area contributed by atoms with E-state index in [-0.39, 0.29) is 5.82 Å². The third-order valence-corrected chi connectivity index (χ3v) is 2.82. The number of ether oxygens (including phenoxy) is 1. The molecular formula is C14H18FN3O2. The molecular weight excluding hydrogens is 261 g/mol. The van der Waals surface area contributed by atoms with Crippen LogP contribution < -0.4 is 5.73 Å². The molecule has 1 aromatic heterocycles. The van der Waals surface area contributed by atoms with Crippen molar-refractivity contribution in [1.29, 1.82) is 0 Å². The van der Waals surface area contributed by atoms with Gasteiger partial charge in [-0.2, -0.15) is 4.98 Å². The summed E-state index contributed by atoms with van der Waals surface area (Å²) in [6.45, 7) is 4.69. The van der Waals surface area contributed by atoms with Crippen molar-refractivity contribution in [2.24, 2.45) is 5.73 Å². The second kappa shape index (κ2) is 6.58. The minimum Gasteiger partial charge on any atom is -0.379 e. The monoisotopic (exact) mass is 279 g/mol. The topological polar surface area (TPSA) is 74.2 Å². The Morgan fingerprint density at radius 1 is 1.45 bits per heavy atom. The lowest BCUT2D eigenvalue weighted by Gasteiger charge is -2.06. The first-order valence-corrected chi connectivity index (χ1v) is 6.55. The molecule has 108 valence electrons. The number of hydrogen-bond acceptors (Lipinski definition) is 5. The maximum absolute atomic E-state index is 13.2. The average molecular weight is 279 g/mol. The molecule has 0 radical (unpaired) electrons. The van der Waals surface area contributed by atoms with Gasteiger partial charge in [0.25, 0.3) is 5.89 Å². The Balaban J connectivity index is 2.09. The number of benzene rings is 1. The minimum atomic E-state index is -0.430. The molecule has 1 aromatic carbocycles. The summed E-state index contributed by atoms with van der Waals surface area (Å²) in [7, 11) is 0. The standard InChI is InChI=1S/C14H18FN3O2/c1-3-6-19-8-12(16)13-17-14(20-18-13)10-4-5-11(15)9(2)7-10/h4-5,7,12H,3,6,8,16H2,1-2H3. The second-order valence-corrected chi connectivity index (χ2v) is 4.60. The molecule has 0 aliphatic rings. The first-order chi connectivity index (χ1) is 9.61. The van der Waals surface area contributed by atoms with E-state index in [2.05, 4.69) is 10.1 Å². The van der Waals surface area contributed by atoms with E-state index >= 15 is 0 Å². The summed E-state index contributed by atoms with van der Waals surface area (Å²) in [5, 5.41) is 3.84. The number of rotatable bonds is 6. The van der Waals surface area contributed by atoms with E-state index in [1.165, 1.54) is 6.07 Å². The number of halogens is 1. The molecule has 0 spiro atoms. The summed E-state index contributed by atoms with van der Waals surface area (Å²) >= 11 is 0. The van der Waals surface area contributed by atoms with Gasteiger partial charge in [0.2, 0.25) is 0 Å². The lowest BCUT2D eigenvalue weighted by atomic mass is 10.1. The van der Waals surface area contributed by atoms with Crippen molar-refractivity contribution < 1.29 is 13.7 Å². The van der Waals surface area contributed by atoms with Crippen LogP contribution in [0, 0.1) is 12.7 Å². The number of nitrogens with two attached hydrogens (primary N) is 1. The number of aryl methyl sites for hydroxylation is 1. The van der Waals surface area contributed by atoms with Crippen molar-refractivity contribution in [3.63, 3.8) is 0 Å². The minimum absolute atomic E-state index is 0.266. The van der Waals surface area contributed by atoms with Crippen LogP contribution in [0.3, 0.4) is 0 Å². The van der Waals surface area contributed by atoms with Crippen LogP contribution in [-0.2, 0) is 4.74 Å². The van der Waals surface area contributed by atoms with Crippen molar-refractivity contribution in [3.05, 3.63) is 35.4 Å². The SMILES string of the molecule is CCCOCC(N)c1noc(-c2ccc(F)c(C)c2)n1. The Morgan fingerprint density at radius 2 is 2.25 bits per heavy atom. The molecule has 0 amide bonds. The molecule has 0 aliphatic carbocycles. The van der Waals surface area contributed by atoms with Crippen LogP contribution in [0.5, 0.6) is 0 Å². The number of hydrogen-bond donors (Lipinski definition) is 1. The Morgan fingerprint density at radius 3 is 2.95 bits per heavy atom. The molecule has 2 rings (SSSR count). The van der Waals surface area contributed by atoms with Gasteiger partial charge in [-0.05, 0) is 37.1 Å². The van der Waals surface area contributed by atoms with Gasteiger partial charge in [-0.25, -0.2) is 4.39 Å². The third kappa shape index (κ3) is 3.40. The molecule has 5 nitrogen and oxygen atoms in total. The highest BCUT2D eigenvalue weighted by molar-refractivity contribution is 5.54. The van der Waals surface area contributed by atoms with Gasteiger partial charge in [0, 0.05) is 12.2 Å². The fourth-order valence-electron chi connectivity index (χ4n) is 1.71. The van der Waals surface area contributed by atoms with Crippen molar-refractivity contribution in [3.8, 4) is 11.5 Å². The number of aromatic nitrogens is 2. The highest BCUT2D eigenvalue weighted by Gasteiger charge is 2.16. The van der Waals surface area contributed by atoms with Crippen molar-refractivity contribution in [2.75, 3.05) is 13.2 Å². The van der Waals surface area contributed by atoms with Gasteiger partial charge in [0.1, 0.15) is 5.82 Å².